The number of hydrogen-bond donors (Lipinski definition) is 3. The lowest BCUT2D eigenvalue weighted by Crippen LogP contribution is -2.39. The van der Waals surface area contributed by atoms with E-state index in [9.17, 15) is 23.4 Å². The van der Waals surface area contributed by atoms with Crippen molar-refractivity contribution >= 4 is 16.6 Å². The van der Waals surface area contributed by atoms with Gasteiger partial charge in [0.25, 0.3) is 0 Å². The number of aliphatic hydroxyl groups excluding tert-OH is 1. The fraction of sp³-hybridized carbons (Fsp3) is 0.263. The van der Waals surface area contributed by atoms with Gasteiger partial charge in [-0.15, -0.1) is 10.2 Å². The molecule has 0 spiro atoms. The molecule has 0 aliphatic heterocycles. The Morgan fingerprint density at radius 1 is 1.00 bits per heavy atom. The minimum Gasteiger partial charge on any atom is -0.507 e. The van der Waals surface area contributed by atoms with Gasteiger partial charge in [-0.2, -0.15) is 13.2 Å². The van der Waals surface area contributed by atoms with Crippen LogP contribution in [-0.4, -0.2) is 32.6 Å². The van der Waals surface area contributed by atoms with Crippen LogP contribution in [-0.2, 0) is 6.18 Å². The molecule has 140 valence electrons. The number of anilines is 1. The summed E-state index contributed by atoms with van der Waals surface area (Å²) in [5, 5.41) is 32.5. The average molecular weight is 375 g/mol. The second-order valence-corrected chi connectivity index (χ2v) is 6.64. The van der Waals surface area contributed by atoms with Crippen LogP contribution in [0.1, 0.15) is 18.4 Å². The quantitative estimate of drug-likeness (QED) is 0.646. The predicted octanol–water partition coefficient (Wildman–Crippen LogP) is 3.96. The lowest BCUT2D eigenvalue weighted by atomic mass is 9.89. The van der Waals surface area contributed by atoms with E-state index in [1.807, 2.05) is 12.1 Å². The normalized spacial score (nSPS) is 19.7. The van der Waals surface area contributed by atoms with Crippen LogP contribution in [0.25, 0.3) is 22.0 Å². The van der Waals surface area contributed by atoms with Crippen molar-refractivity contribution in [1.82, 2.24) is 10.2 Å². The van der Waals surface area contributed by atoms with Crippen molar-refractivity contribution in [2.75, 3.05) is 5.32 Å². The van der Waals surface area contributed by atoms with Crippen LogP contribution in [0.5, 0.6) is 5.75 Å². The Morgan fingerprint density at radius 3 is 2.33 bits per heavy atom. The van der Waals surface area contributed by atoms with Gasteiger partial charge in [-0.1, -0.05) is 24.3 Å². The zero-order valence-electron chi connectivity index (χ0n) is 14.0. The highest BCUT2D eigenvalue weighted by Crippen LogP contribution is 2.39. The predicted molar refractivity (Wildman–Crippen MR) is 94.3 cm³/mol. The maximum Gasteiger partial charge on any atom is 0.416 e. The summed E-state index contributed by atoms with van der Waals surface area (Å²) in [5.41, 5.74) is -0.448. The lowest BCUT2D eigenvalue weighted by Gasteiger charge is -2.32. The largest absolute Gasteiger partial charge is 0.507 e. The molecule has 4 rings (SSSR count). The first-order valence-electron chi connectivity index (χ1n) is 8.43. The van der Waals surface area contributed by atoms with Crippen LogP contribution in [0.4, 0.5) is 19.0 Å². The Bertz CT molecular complexity index is 1000. The Morgan fingerprint density at radius 2 is 1.70 bits per heavy atom. The number of aromatic nitrogens is 2. The van der Waals surface area contributed by atoms with E-state index in [0.717, 1.165) is 11.5 Å². The maximum atomic E-state index is 12.8. The van der Waals surface area contributed by atoms with E-state index in [-0.39, 0.29) is 17.7 Å². The number of phenolic OH excluding ortho intramolecular Hbond substituents is 1. The minimum absolute atomic E-state index is 0.100. The molecule has 3 N–H and O–H groups in total. The average Bonchev–Trinajstić information content (AvgIpc) is 2.60. The van der Waals surface area contributed by atoms with Gasteiger partial charge in [0.1, 0.15) is 11.4 Å². The van der Waals surface area contributed by atoms with E-state index in [1.54, 1.807) is 12.1 Å². The highest BCUT2D eigenvalue weighted by atomic mass is 19.4. The number of hydrogen-bond acceptors (Lipinski definition) is 5. The molecule has 3 aromatic rings. The van der Waals surface area contributed by atoms with Gasteiger partial charge in [-0.3, -0.25) is 0 Å². The molecule has 0 bridgehead atoms. The molecule has 1 aromatic heterocycles. The summed E-state index contributed by atoms with van der Waals surface area (Å²) in [7, 11) is 0. The van der Waals surface area contributed by atoms with E-state index in [0.29, 0.717) is 35.8 Å². The van der Waals surface area contributed by atoms with Gasteiger partial charge in [0.05, 0.1) is 11.7 Å². The molecule has 0 radical (unpaired) electrons. The third kappa shape index (κ3) is 3.28. The molecule has 0 unspecified atom stereocenters. The molecule has 0 amide bonds. The zero-order valence-corrected chi connectivity index (χ0v) is 14.0. The van der Waals surface area contributed by atoms with E-state index in [2.05, 4.69) is 15.5 Å². The topological polar surface area (TPSA) is 78.3 Å². The molecular formula is C19H16F3N3O2. The standard InChI is InChI=1S/C19H16F3N3O2/c20-19(21,22)10-5-6-15(16(27)7-10)17-13-3-1-2-4-14(13)18(25-24-17)23-11-8-12(26)9-11/h1-7,11-12,26-27H,8-9H2,(H,23,25)/t11-,12+. The van der Waals surface area contributed by atoms with Crippen LogP contribution < -0.4 is 5.32 Å². The number of nitrogens with zero attached hydrogens (tertiary/aromatic N) is 2. The summed E-state index contributed by atoms with van der Waals surface area (Å²) in [4.78, 5) is 0. The summed E-state index contributed by atoms with van der Waals surface area (Å²) < 4.78 is 38.5. The number of nitrogens with one attached hydrogen (secondary N) is 1. The number of fused-ring (bicyclic) bond motifs is 1. The van der Waals surface area contributed by atoms with Gasteiger partial charge < -0.3 is 15.5 Å². The van der Waals surface area contributed by atoms with Gasteiger partial charge in [-0.05, 0) is 31.0 Å². The van der Waals surface area contributed by atoms with Gasteiger partial charge in [0.15, 0.2) is 5.82 Å². The van der Waals surface area contributed by atoms with E-state index >= 15 is 0 Å². The number of benzene rings is 2. The SMILES string of the molecule is Oc1cc(C(F)(F)F)ccc1-c1nnc(N[C@H]2C[C@@H](O)C2)c2ccccc12. The first-order chi connectivity index (χ1) is 12.8. The second-order valence-electron chi connectivity index (χ2n) is 6.64. The summed E-state index contributed by atoms with van der Waals surface area (Å²) in [6.45, 7) is 0. The van der Waals surface area contributed by atoms with Gasteiger partial charge in [0.2, 0.25) is 0 Å². The molecule has 1 fully saturated rings. The summed E-state index contributed by atoms with van der Waals surface area (Å²) in [6, 6.07) is 10.1. The smallest absolute Gasteiger partial charge is 0.416 e. The monoisotopic (exact) mass is 375 g/mol. The van der Waals surface area contributed by atoms with Gasteiger partial charge >= 0.3 is 6.18 Å². The molecule has 1 aliphatic carbocycles. The molecule has 1 saturated carbocycles. The number of rotatable bonds is 3. The Balaban J connectivity index is 1.77. The highest BCUT2D eigenvalue weighted by molar-refractivity contribution is 6.00. The van der Waals surface area contributed by atoms with Crippen molar-refractivity contribution < 1.29 is 23.4 Å². The van der Waals surface area contributed by atoms with Crippen molar-refractivity contribution in [3.8, 4) is 17.0 Å². The first-order valence-corrected chi connectivity index (χ1v) is 8.43. The Kier molecular flexibility index (Phi) is 4.15. The maximum absolute atomic E-state index is 12.8. The molecular weight excluding hydrogens is 359 g/mol. The van der Waals surface area contributed by atoms with Crippen molar-refractivity contribution in [1.29, 1.82) is 0 Å². The molecule has 1 aliphatic rings. The molecule has 27 heavy (non-hydrogen) atoms. The molecule has 0 atom stereocenters. The fourth-order valence-electron chi connectivity index (χ4n) is 3.22. The minimum atomic E-state index is -4.54. The van der Waals surface area contributed by atoms with Crippen LogP contribution in [0, 0.1) is 0 Å². The van der Waals surface area contributed by atoms with E-state index in [1.165, 1.54) is 6.07 Å². The molecule has 2 aromatic carbocycles. The highest BCUT2D eigenvalue weighted by Gasteiger charge is 2.31. The third-order valence-corrected chi connectivity index (χ3v) is 4.72. The number of phenols is 1. The lowest BCUT2D eigenvalue weighted by molar-refractivity contribution is -0.137. The first kappa shape index (κ1) is 17.5. The van der Waals surface area contributed by atoms with Crippen molar-refractivity contribution in [3.05, 3.63) is 48.0 Å². The molecule has 8 heteroatoms. The van der Waals surface area contributed by atoms with Crippen molar-refractivity contribution in [3.63, 3.8) is 0 Å². The van der Waals surface area contributed by atoms with E-state index in [4.69, 9.17) is 0 Å². The van der Waals surface area contributed by atoms with Gasteiger partial charge in [0, 0.05) is 22.4 Å². The number of aliphatic hydroxyl groups is 1. The summed E-state index contributed by atoms with van der Waals surface area (Å²) >= 11 is 0. The van der Waals surface area contributed by atoms with E-state index < -0.39 is 17.5 Å². The van der Waals surface area contributed by atoms with Gasteiger partial charge in [-0.25, -0.2) is 0 Å². The zero-order chi connectivity index (χ0) is 19.2. The fourth-order valence-corrected chi connectivity index (χ4v) is 3.22. The Labute approximate surface area is 152 Å². The summed E-state index contributed by atoms with van der Waals surface area (Å²) in [5.74, 6) is 0.0322. The van der Waals surface area contributed by atoms with Crippen molar-refractivity contribution in [2.24, 2.45) is 0 Å². The number of alkyl halides is 3. The molecule has 1 heterocycles. The molecule has 0 saturated heterocycles. The van der Waals surface area contributed by atoms with Crippen LogP contribution in [0.2, 0.25) is 0 Å². The van der Waals surface area contributed by atoms with Crippen LogP contribution in [0.15, 0.2) is 42.5 Å². The van der Waals surface area contributed by atoms with Crippen molar-refractivity contribution in [2.45, 2.75) is 31.2 Å². The summed E-state index contributed by atoms with van der Waals surface area (Å²) in [6.07, 6.45) is -3.61. The number of aromatic hydroxyl groups is 1. The van der Waals surface area contributed by atoms with Crippen LogP contribution in [0.3, 0.4) is 0 Å². The Hall–Kier alpha value is -2.87. The molecule has 5 nitrogen and oxygen atoms in total. The third-order valence-electron chi connectivity index (χ3n) is 4.72. The van der Waals surface area contributed by atoms with Crippen LogP contribution >= 0.6 is 0 Å². The number of halogens is 3. The second kappa shape index (κ2) is 6.38.